The van der Waals surface area contributed by atoms with E-state index in [1.54, 1.807) is 12.4 Å². The number of piperazine rings is 3. The molecule has 4 saturated heterocycles. The Labute approximate surface area is 446 Å². The minimum Gasteiger partial charge on any atom is -0.399 e. The summed E-state index contributed by atoms with van der Waals surface area (Å²) >= 11 is 13.8. The molecule has 0 radical (unpaired) electrons. The first kappa shape index (κ1) is 54.7. The van der Waals surface area contributed by atoms with Crippen molar-refractivity contribution in [3.8, 4) is 11.3 Å². The molecule has 4 fully saturated rings. The van der Waals surface area contributed by atoms with E-state index < -0.39 is 0 Å². The molecule has 0 spiro atoms. The third-order valence-electron chi connectivity index (χ3n) is 13.8. The lowest BCUT2D eigenvalue weighted by atomic mass is 9.78. The fourth-order valence-electron chi connectivity index (χ4n) is 9.04. The fourth-order valence-corrected chi connectivity index (χ4v) is 9.75. The highest BCUT2D eigenvalue weighted by Crippen LogP contribution is 2.37. The Bertz CT molecular complexity index is 2590. The Balaban J connectivity index is 0.000000139. The number of nitrogens with one attached hydrogen (secondary N) is 4. The zero-order valence-electron chi connectivity index (χ0n) is 43.0. The van der Waals surface area contributed by atoms with Crippen molar-refractivity contribution in [3.05, 3.63) is 116 Å². The van der Waals surface area contributed by atoms with Crippen molar-refractivity contribution < 1.29 is 18.5 Å². The molecule has 17 heteroatoms. The van der Waals surface area contributed by atoms with Crippen LogP contribution in [-0.2, 0) is 22.2 Å². The Morgan fingerprint density at radius 1 is 0.648 bits per heavy atom. The summed E-state index contributed by atoms with van der Waals surface area (Å²) in [6.07, 6.45) is 11.7. The number of hydrogen-bond donors (Lipinski definition) is 4. The number of aromatic nitrogens is 3. The number of hydrogen-bond acceptors (Lipinski definition) is 11. The van der Waals surface area contributed by atoms with Gasteiger partial charge in [0.05, 0.1) is 44.7 Å². The number of nitrogens with zero attached hydrogens (tertiary/aromatic N) is 7. The second-order valence-electron chi connectivity index (χ2n) is 19.9. The number of pyridine rings is 3. The number of halogens is 3. The molecule has 378 valence electrons. The van der Waals surface area contributed by atoms with Crippen molar-refractivity contribution in [2.24, 2.45) is 0 Å². The minimum atomic E-state index is -0.283. The van der Waals surface area contributed by atoms with Crippen LogP contribution >= 0.6 is 45.8 Å². The average Bonchev–Trinajstić information content (AvgIpc) is 4.00. The predicted molar refractivity (Wildman–Crippen MR) is 304 cm³/mol. The van der Waals surface area contributed by atoms with E-state index in [2.05, 4.69) is 190 Å². The number of rotatable bonds is 4. The van der Waals surface area contributed by atoms with Gasteiger partial charge in [-0.1, -0.05) is 47.5 Å². The third-order valence-corrected chi connectivity index (χ3v) is 15.6. The summed E-state index contributed by atoms with van der Waals surface area (Å²) in [6, 6.07) is 26.9. The van der Waals surface area contributed by atoms with Gasteiger partial charge in [-0.15, -0.1) is 0 Å². The van der Waals surface area contributed by atoms with Crippen LogP contribution in [0.5, 0.6) is 0 Å². The largest absolute Gasteiger partial charge is 0.495 e. The van der Waals surface area contributed by atoms with E-state index in [0.717, 1.165) is 92.2 Å². The van der Waals surface area contributed by atoms with E-state index in [-0.39, 0.29) is 18.3 Å². The molecule has 2 aromatic carbocycles. The van der Waals surface area contributed by atoms with Crippen LogP contribution in [0.1, 0.15) is 59.6 Å². The van der Waals surface area contributed by atoms with Crippen LogP contribution in [0.25, 0.3) is 11.3 Å². The van der Waals surface area contributed by atoms with Crippen molar-refractivity contribution in [1.82, 2.24) is 36.2 Å². The van der Waals surface area contributed by atoms with Gasteiger partial charge in [-0.2, -0.15) is 0 Å². The monoisotopic (exact) mass is 1120 g/mol. The minimum absolute atomic E-state index is 0.274. The maximum atomic E-state index is 6.09. The average molecular weight is 1120 g/mol. The van der Waals surface area contributed by atoms with E-state index in [4.69, 9.17) is 37.5 Å². The zero-order chi connectivity index (χ0) is 50.7. The van der Waals surface area contributed by atoms with Crippen molar-refractivity contribution in [1.29, 1.82) is 0 Å². The predicted octanol–water partition coefficient (Wildman–Crippen LogP) is 7.77. The summed E-state index contributed by atoms with van der Waals surface area (Å²) in [5.74, 6) is 0. The molecule has 11 rings (SSSR count). The first-order chi connectivity index (χ1) is 34.0. The van der Waals surface area contributed by atoms with Crippen molar-refractivity contribution in [2.75, 3.05) is 82.8 Å². The molecule has 6 aliphatic rings. The molecule has 0 saturated carbocycles. The van der Waals surface area contributed by atoms with Crippen LogP contribution in [-0.4, -0.2) is 146 Å². The Hall–Kier alpha value is -4.04. The number of fused-ring (bicyclic) bond motifs is 2. The maximum Gasteiger partial charge on any atom is 0.495 e. The van der Waals surface area contributed by atoms with Crippen LogP contribution in [0.2, 0.25) is 10.3 Å². The molecule has 3 unspecified atom stereocenters. The summed E-state index contributed by atoms with van der Waals surface area (Å²) in [5.41, 5.74) is 10.4. The first-order valence-electron chi connectivity index (χ1n) is 25.0. The molecule has 9 heterocycles. The second-order valence-corrected chi connectivity index (χ2v) is 21.8. The van der Waals surface area contributed by atoms with Gasteiger partial charge in [-0.05, 0) is 113 Å². The van der Waals surface area contributed by atoms with E-state index in [0.29, 0.717) is 28.4 Å². The smallest absolute Gasteiger partial charge is 0.399 e. The van der Waals surface area contributed by atoms with E-state index in [1.165, 1.54) is 33.8 Å². The molecule has 71 heavy (non-hydrogen) atoms. The van der Waals surface area contributed by atoms with Crippen LogP contribution in [0.4, 0.5) is 22.7 Å². The molecule has 3 aromatic heterocycles. The van der Waals surface area contributed by atoms with E-state index >= 15 is 0 Å². The summed E-state index contributed by atoms with van der Waals surface area (Å²) in [6.45, 7) is 24.4. The highest BCUT2D eigenvalue weighted by Gasteiger charge is 2.52. The topological polar surface area (TPSA) is 118 Å². The first-order valence-corrected chi connectivity index (χ1v) is 26.8. The van der Waals surface area contributed by atoms with Crippen LogP contribution in [0, 0.1) is 3.57 Å². The number of anilines is 2. The van der Waals surface area contributed by atoms with E-state index in [1.807, 2.05) is 36.5 Å². The molecule has 6 aliphatic heterocycles. The normalized spacial score (nSPS) is 21.6. The third kappa shape index (κ3) is 14.6. The van der Waals surface area contributed by atoms with E-state index in [9.17, 15) is 0 Å². The Morgan fingerprint density at radius 3 is 1.70 bits per heavy atom. The highest BCUT2D eigenvalue weighted by molar-refractivity contribution is 14.1. The molecule has 5 aromatic rings. The van der Waals surface area contributed by atoms with Gasteiger partial charge < -0.3 is 40.4 Å². The molecule has 4 N–H and O–H groups in total. The molecule has 3 atom stereocenters. The Kier molecular flexibility index (Phi) is 19.5. The van der Waals surface area contributed by atoms with Gasteiger partial charge in [0.15, 0.2) is 5.15 Å². The number of benzene rings is 2. The van der Waals surface area contributed by atoms with Crippen LogP contribution in [0.3, 0.4) is 0 Å². The molecule has 0 aliphatic carbocycles. The SMILES string of the molecule is CC1CN(c2cccnc2-c2ccc3c(c2)[N+](C)=CC3)CCN1.CC1CN(c2cccnc2Cl)CCN1.CC1CNCCN1.C[N+]1=CCc2ccc(B3OC(C)(C)C(C)(C)O3)cc21.Clc1ncccc1I. The molecular weight excluding hydrogens is 1040 g/mol. The molecule has 13 nitrogen and oxygen atoms in total. The van der Waals surface area contributed by atoms with Gasteiger partial charge in [-0.25, -0.2) is 19.1 Å². The maximum absolute atomic E-state index is 6.09. The molecular formula is C54H73BCl2IN11O2+2. The zero-order valence-corrected chi connectivity index (χ0v) is 46.7. The fraction of sp³-hybridized carbons (Fsp3) is 0.463. The van der Waals surface area contributed by atoms with Crippen LogP contribution in [0.15, 0.2) is 91.4 Å². The Morgan fingerprint density at radius 2 is 1.18 bits per heavy atom. The quantitative estimate of drug-likeness (QED) is 0.0613. The van der Waals surface area contributed by atoms with Gasteiger partial charge in [0, 0.05) is 124 Å². The lowest BCUT2D eigenvalue weighted by Crippen LogP contribution is -2.49. The molecule has 0 bridgehead atoms. The molecule has 0 amide bonds. The summed E-state index contributed by atoms with van der Waals surface area (Å²) in [7, 11) is 3.93. The van der Waals surface area contributed by atoms with Crippen molar-refractivity contribution in [3.63, 3.8) is 0 Å². The lowest BCUT2D eigenvalue weighted by molar-refractivity contribution is -0.396. The van der Waals surface area contributed by atoms with Gasteiger partial charge in [0.2, 0.25) is 11.4 Å². The summed E-state index contributed by atoms with van der Waals surface area (Å²) in [5, 5.41) is 14.7. The summed E-state index contributed by atoms with van der Waals surface area (Å²) < 4.78 is 17.6. The standard InChI is InChI=1S/C19H23N4.C15H21BNO2.C10H14ClN3.C5H3ClIN.C5H12N2/c1-14-13-23(11-9-20-14)17-4-3-8-21-19(17)16-6-5-15-7-10-22(2)18(15)12-16;1-14(2)15(3,4)19-16(18-14)12-7-6-11-8-9-17(5)13(11)10-12;1-8-7-14(6-5-12-8)9-3-2-4-13-10(9)11;6-5-4(7)2-1-3-8-5;1-5-4-6-2-3-7-5/h3-6,8,10,12,14,20H,7,9,11,13H2,1-2H3;6-7,9-10H,8H2,1-5H3;2-4,8,12H,5-7H2,1H3;1-3H;5-7H,2-4H2,1H3/q2*+1;;;. The summed E-state index contributed by atoms with van der Waals surface area (Å²) in [4.78, 5) is 17.4. The highest BCUT2D eigenvalue weighted by atomic mass is 127. The van der Waals surface area contributed by atoms with Gasteiger partial charge in [0.1, 0.15) is 31.7 Å². The van der Waals surface area contributed by atoms with Gasteiger partial charge >= 0.3 is 7.12 Å². The van der Waals surface area contributed by atoms with Crippen LogP contribution < -0.4 is 36.5 Å². The van der Waals surface area contributed by atoms with Gasteiger partial charge in [-0.3, -0.25) is 4.98 Å². The van der Waals surface area contributed by atoms with Gasteiger partial charge in [0.25, 0.3) is 0 Å². The van der Waals surface area contributed by atoms with Crippen molar-refractivity contribution in [2.45, 2.75) is 90.6 Å². The second kappa shape index (κ2) is 25.3. The lowest BCUT2D eigenvalue weighted by Gasteiger charge is -2.34. The van der Waals surface area contributed by atoms with Crippen molar-refractivity contribution >= 4 is 93.6 Å².